The number of nitrogens with zero attached hydrogens (tertiary/aromatic N) is 2. The highest BCUT2D eigenvalue weighted by Crippen LogP contribution is 2.55. The van der Waals surface area contributed by atoms with Gasteiger partial charge in [-0.15, -0.1) is 4.99 Å². The number of rotatable bonds is 15. The second kappa shape index (κ2) is 21.6. The smallest absolute Gasteiger partial charge is 0.177 e. The molecular formula is C55H70N3O7+. The Morgan fingerprint density at radius 3 is 2.42 bits per heavy atom. The number of nitrogens with two attached hydrogens (primary N) is 1. The molecule has 0 bridgehead atoms. The second-order valence-corrected chi connectivity index (χ2v) is 19.7. The number of carbonyl (C=O) groups is 2. The fourth-order valence-electron chi connectivity index (χ4n) is 11.7. The number of fused-ring (bicyclic) bond motifs is 2. The minimum absolute atomic E-state index is 0.00776. The number of ketones is 2. The third-order valence-corrected chi connectivity index (χ3v) is 15.4. The predicted octanol–water partition coefficient (Wildman–Crippen LogP) is 9.02. The Labute approximate surface area is 386 Å². The number of pyridine rings is 1. The summed E-state index contributed by atoms with van der Waals surface area (Å²) in [5, 5.41) is 43.6. The molecule has 346 valence electrons. The van der Waals surface area contributed by atoms with Gasteiger partial charge in [-0.2, -0.15) is 0 Å². The molecule has 10 heteroatoms. The van der Waals surface area contributed by atoms with Crippen molar-refractivity contribution in [2.45, 2.75) is 147 Å². The van der Waals surface area contributed by atoms with Crippen molar-refractivity contribution in [1.29, 1.82) is 0 Å². The molecule has 10 nitrogen and oxygen atoms in total. The first-order chi connectivity index (χ1) is 31.3. The number of Topliss-reactive ketones (excluding diaryl/α,β-unsaturated/α-hetero) is 2. The number of benzene rings is 2. The number of hydrogen-bond acceptors (Lipinski definition) is 10. The summed E-state index contributed by atoms with van der Waals surface area (Å²) < 4.78 is 5.52. The molecule has 7 rings (SSSR count). The Hall–Kier alpha value is -4.95. The van der Waals surface area contributed by atoms with Crippen LogP contribution in [0.2, 0.25) is 0 Å². The fourth-order valence-corrected chi connectivity index (χ4v) is 11.7. The van der Waals surface area contributed by atoms with E-state index < -0.39 is 30.1 Å². The first kappa shape index (κ1) is 48.0. The van der Waals surface area contributed by atoms with Gasteiger partial charge in [0.05, 0.1) is 44.2 Å². The summed E-state index contributed by atoms with van der Waals surface area (Å²) in [6.07, 6.45) is 13.0. The average molecular weight is 885 g/mol. The van der Waals surface area contributed by atoms with Crippen LogP contribution in [-0.4, -0.2) is 68.6 Å². The largest absolute Gasteiger partial charge is 0.504 e. The van der Waals surface area contributed by atoms with E-state index in [2.05, 4.69) is 42.8 Å². The number of allylic oxidation sites excluding steroid dienone is 1. The van der Waals surface area contributed by atoms with E-state index in [-0.39, 0.29) is 65.2 Å². The molecule has 2 fully saturated rings. The quantitative estimate of drug-likeness (QED) is 0.0567. The van der Waals surface area contributed by atoms with Gasteiger partial charge in [0, 0.05) is 30.4 Å². The van der Waals surface area contributed by atoms with Crippen molar-refractivity contribution < 1.29 is 34.8 Å². The Bertz CT molecular complexity index is 2240. The van der Waals surface area contributed by atoms with Gasteiger partial charge in [0.25, 0.3) is 0 Å². The van der Waals surface area contributed by atoms with Crippen LogP contribution in [-0.2, 0) is 21.4 Å². The molecule has 0 spiro atoms. The van der Waals surface area contributed by atoms with E-state index in [1.165, 1.54) is 12.7 Å². The number of methoxy groups -OCH3 is 1. The lowest BCUT2D eigenvalue weighted by atomic mass is 9.63. The van der Waals surface area contributed by atoms with E-state index in [1.807, 2.05) is 42.6 Å². The molecule has 65 heavy (non-hydrogen) atoms. The van der Waals surface area contributed by atoms with Crippen molar-refractivity contribution >= 4 is 23.6 Å². The minimum Gasteiger partial charge on any atom is -0.504 e. The van der Waals surface area contributed by atoms with Gasteiger partial charge < -0.3 is 30.9 Å². The Morgan fingerprint density at radius 1 is 0.938 bits per heavy atom. The molecule has 3 aliphatic carbocycles. The number of carbonyl (C=O) groups excluding carboxylic acids is 2. The molecule has 2 heterocycles. The number of ether oxygens (including phenoxy) is 1. The fraction of sp³-hybridized carbons (Fsp3) is 0.545. The number of aliphatic imine (C=N–C) groups is 1. The molecule has 3 aromatic rings. The summed E-state index contributed by atoms with van der Waals surface area (Å²) in [4.78, 5) is 38.0. The molecule has 0 saturated heterocycles. The molecule has 0 radical (unpaired) electrons. The molecule has 10 atom stereocenters. The number of phenols is 1. The number of aliphatic hydroxyl groups excluding tert-OH is 3. The number of aryl methyl sites for hydroxylation is 1. The van der Waals surface area contributed by atoms with Gasteiger partial charge in [-0.3, -0.25) is 9.59 Å². The van der Waals surface area contributed by atoms with Crippen molar-refractivity contribution in [3.05, 3.63) is 101 Å². The number of aromatic hydroxyl groups is 1. The van der Waals surface area contributed by atoms with Crippen LogP contribution in [0.5, 0.6) is 11.5 Å². The van der Waals surface area contributed by atoms with E-state index in [9.17, 15) is 30.0 Å². The van der Waals surface area contributed by atoms with E-state index in [0.717, 1.165) is 73.3 Å². The lowest BCUT2D eigenvalue weighted by Gasteiger charge is -2.41. The summed E-state index contributed by atoms with van der Waals surface area (Å²) in [5.41, 5.74) is 10.8. The van der Waals surface area contributed by atoms with Crippen LogP contribution in [0.1, 0.15) is 139 Å². The molecule has 0 amide bonds. The molecule has 0 unspecified atom stereocenters. The standard InChI is InChI=1S/C55H69N3O7/c1-5-11-46(50(62)30-43-26-40(33-58-43)34(2)14-19-49(61)35(3)59)39-25-42(55(21-9-10-22-55)41-20-23-57-54(56)29-41)24-37-16-18-45(36-12-7-6-8-13-36)47-32-52(64)53(65-4)28-38(47)15-17-44(60)31-51(63)48(37)27-39/h6-8,12-13,20,23,26,28-29,32-35,37,39,42,45-46,48-50,59,61-62H,5,9-11,14-15,17,19,21-22,24-25,27,30-31H2,1-4H3,(H2-,56,57,64)/p+1/t34-,35+,37-,39+,42-,45-,46+,48-,49+,50-/m1/s1. The number of aromatic nitrogens is 1. The highest BCUT2D eigenvalue weighted by atomic mass is 16.5. The summed E-state index contributed by atoms with van der Waals surface area (Å²) in [5.74, 6) is 7.86. The SMILES string of the molecule is CCC[C@@H]([C@H]1C[C@H](C2(c3ccnc(N)c3)CCCC2)C[C@H]2C#C[C@H](c3ccccc3)c3cc(O)c(OC)cc3CCC(=O)CC(=O)[C@@H]2C1)[C@H](O)CC1=C[C+]([C@H](C)CC[C@H](O)[C@H](C)O)C=N1. The number of phenolic OH excluding ortho intramolecular Hbond substituents is 1. The molecule has 4 aliphatic rings. The van der Waals surface area contributed by atoms with Crippen molar-refractivity contribution in [2.24, 2.45) is 40.5 Å². The van der Waals surface area contributed by atoms with E-state index >= 15 is 0 Å². The Kier molecular flexibility index (Phi) is 15.9. The zero-order valence-electron chi connectivity index (χ0n) is 38.8. The first-order valence-corrected chi connectivity index (χ1v) is 24.2. The van der Waals surface area contributed by atoms with Gasteiger partial charge >= 0.3 is 0 Å². The third kappa shape index (κ3) is 11.2. The maximum absolute atomic E-state index is 14.9. The Balaban J connectivity index is 1.30. The van der Waals surface area contributed by atoms with Crippen molar-refractivity contribution in [2.75, 3.05) is 12.8 Å². The van der Waals surface area contributed by atoms with E-state index in [4.69, 9.17) is 15.5 Å². The number of nitrogen functional groups attached to an aromatic ring is 1. The van der Waals surface area contributed by atoms with Gasteiger partial charge in [-0.1, -0.05) is 68.4 Å². The van der Waals surface area contributed by atoms with Crippen molar-refractivity contribution in [1.82, 2.24) is 4.98 Å². The molecule has 1 aromatic heterocycles. The molecule has 6 N–H and O–H groups in total. The van der Waals surface area contributed by atoms with Gasteiger partial charge in [0.1, 0.15) is 35.6 Å². The maximum atomic E-state index is 14.9. The maximum Gasteiger partial charge on any atom is 0.177 e. The number of aliphatic hydroxyl groups is 3. The third-order valence-electron chi connectivity index (χ3n) is 15.4. The highest BCUT2D eigenvalue weighted by Gasteiger charge is 2.49. The lowest BCUT2D eigenvalue weighted by molar-refractivity contribution is -0.130. The summed E-state index contributed by atoms with van der Waals surface area (Å²) in [7, 11) is 1.51. The predicted molar refractivity (Wildman–Crippen MR) is 255 cm³/mol. The highest BCUT2D eigenvalue weighted by molar-refractivity contribution is 6.00. The van der Waals surface area contributed by atoms with Crippen LogP contribution >= 0.6 is 0 Å². The van der Waals surface area contributed by atoms with Gasteiger partial charge in [-0.05, 0) is 141 Å². The van der Waals surface area contributed by atoms with Crippen LogP contribution in [0, 0.1) is 53.3 Å². The van der Waals surface area contributed by atoms with Crippen LogP contribution in [0.3, 0.4) is 0 Å². The zero-order valence-corrected chi connectivity index (χ0v) is 38.8. The normalized spacial score (nSPS) is 25.6. The van der Waals surface area contributed by atoms with Crippen LogP contribution in [0.15, 0.2) is 77.6 Å². The van der Waals surface area contributed by atoms with E-state index in [1.54, 1.807) is 25.3 Å². The topological polar surface area (TPSA) is 176 Å². The average Bonchev–Trinajstić information content (AvgIpc) is 3.95. The van der Waals surface area contributed by atoms with Crippen molar-refractivity contribution in [3.63, 3.8) is 0 Å². The van der Waals surface area contributed by atoms with Crippen molar-refractivity contribution in [3.8, 4) is 23.3 Å². The van der Waals surface area contributed by atoms with Crippen LogP contribution < -0.4 is 10.5 Å². The van der Waals surface area contributed by atoms with Gasteiger partial charge in [0.2, 0.25) is 0 Å². The Morgan fingerprint density at radius 2 is 1.71 bits per heavy atom. The summed E-state index contributed by atoms with van der Waals surface area (Å²) >= 11 is 0. The lowest BCUT2D eigenvalue weighted by Crippen LogP contribution is -2.36. The second-order valence-electron chi connectivity index (χ2n) is 19.7. The summed E-state index contributed by atoms with van der Waals surface area (Å²) in [6.45, 7) is 5.84. The summed E-state index contributed by atoms with van der Waals surface area (Å²) in [6, 6.07) is 17.7. The van der Waals surface area contributed by atoms with Gasteiger partial charge in [-0.25, -0.2) is 4.98 Å². The molecule has 2 aromatic carbocycles. The van der Waals surface area contributed by atoms with Crippen LogP contribution in [0.4, 0.5) is 5.82 Å². The number of hydrogen-bond donors (Lipinski definition) is 5. The van der Waals surface area contributed by atoms with Gasteiger partial charge in [0.15, 0.2) is 17.2 Å². The van der Waals surface area contributed by atoms with Crippen LogP contribution in [0.25, 0.3) is 0 Å². The monoisotopic (exact) mass is 885 g/mol. The zero-order chi connectivity index (χ0) is 46.3. The molecular weight excluding hydrogens is 815 g/mol. The minimum atomic E-state index is -0.788. The molecule has 1 aliphatic heterocycles. The molecule has 2 saturated carbocycles. The van der Waals surface area contributed by atoms with E-state index in [0.29, 0.717) is 50.1 Å². The number of anilines is 1. The first-order valence-electron chi connectivity index (χ1n) is 24.2.